The van der Waals surface area contributed by atoms with E-state index in [1.165, 1.54) is 0 Å². The monoisotopic (exact) mass is 705 g/mol. The number of hydrogen-bond acceptors (Lipinski definition) is 11. The van der Waals surface area contributed by atoms with Gasteiger partial charge >= 0.3 is 35.8 Å². The van der Waals surface area contributed by atoms with E-state index in [2.05, 4.69) is 0 Å². The second kappa shape index (κ2) is 24.8. The van der Waals surface area contributed by atoms with Gasteiger partial charge in [-0.3, -0.25) is 28.8 Å². The quantitative estimate of drug-likeness (QED) is 0.0433. The molecule has 49 heavy (non-hydrogen) atoms. The first-order valence-electron chi connectivity index (χ1n) is 17.3. The number of carboxylic acids is 4. The van der Waals surface area contributed by atoms with Gasteiger partial charge in [-0.15, -0.1) is 0 Å². The number of carbonyl (C=O) groups is 6. The van der Waals surface area contributed by atoms with E-state index >= 15 is 0 Å². The lowest BCUT2D eigenvalue weighted by atomic mass is 9.87. The molecule has 0 heterocycles. The van der Waals surface area contributed by atoms with E-state index in [-0.39, 0.29) is 24.8 Å². The van der Waals surface area contributed by atoms with Crippen molar-refractivity contribution in [2.24, 2.45) is 29.4 Å². The fraction of sp³-hybridized carbons (Fsp3) is 0.824. The average Bonchev–Trinajstić information content (AvgIpc) is 2.98. The maximum absolute atomic E-state index is 13.0. The molecule has 0 unspecified atom stereocenters. The fourth-order valence-electron chi connectivity index (χ4n) is 5.66. The SMILES string of the molecule is CCCC[C@H](C)[C@H](OC(=O)C[C@H](CC(=O)O)C(=O)O)[C@H](C[C@H](C)C[C@H](O)CCCCCC[C@H](O)[C@H](C)N)OC(=O)C[C@H](CC(=O)O)C(=O)O. The van der Waals surface area contributed by atoms with Crippen LogP contribution in [0.25, 0.3) is 0 Å². The number of aliphatic hydroxyl groups is 2. The first-order valence-corrected chi connectivity index (χ1v) is 17.3. The van der Waals surface area contributed by atoms with Crippen molar-refractivity contribution in [3.8, 4) is 0 Å². The predicted octanol–water partition coefficient (Wildman–Crippen LogP) is 3.59. The molecule has 0 saturated carbocycles. The predicted molar refractivity (Wildman–Crippen MR) is 176 cm³/mol. The second-order valence-electron chi connectivity index (χ2n) is 13.4. The van der Waals surface area contributed by atoms with Crippen molar-refractivity contribution in [3.63, 3.8) is 0 Å². The van der Waals surface area contributed by atoms with Crippen LogP contribution >= 0.6 is 0 Å². The summed E-state index contributed by atoms with van der Waals surface area (Å²) in [4.78, 5) is 71.6. The van der Waals surface area contributed by atoms with Gasteiger partial charge in [0.25, 0.3) is 0 Å². The van der Waals surface area contributed by atoms with Gasteiger partial charge in [0.2, 0.25) is 0 Å². The smallest absolute Gasteiger partial charge is 0.307 e. The van der Waals surface area contributed by atoms with Gasteiger partial charge in [0.15, 0.2) is 0 Å². The number of carbonyl (C=O) groups excluding carboxylic acids is 2. The van der Waals surface area contributed by atoms with Crippen LogP contribution in [0.5, 0.6) is 0 Å². The Bertz CT molecular complexity index is 1030. The van der Waals surface area contributed by atoms with Gasteiger partial charge in [-0.25, -0.2) is 0 Å². The zero-order chi connectivity index (χ0) is 37.7. The number of hydrogen-bond donors (Lipinski definition) is 7. The number of rotatable bonds is 29. The molecule has 9 atom stereocenters. The maximum Gasteiger partial charge on any atom is 0.307 e. The molecule has 0 aromatic heterocycles. The van der Waals surface area contributed by atoms with E-state index in [1.807, 2.05) is 6.92 Å². The molecule has 8 N–H and O–H groups in total. The summed E-state index contributed by atoms with van der Waals surface area (Å²) in [6.07, 6.45) is -0.0465. The topological polar surface area (TPSA) is 268 Å². The highest BCUT2D eigenvalue weighted by molar-refractivity contribution is 5.83. The molecule has 0 aromatic carbocycles. The van der Waals surface area contributed by atoms with E-state index in [4.69, 9.17) is 25.4 Å². The van der Waals surface area contributed by atoms with Gasteiger partial charge in [0, 0.05) is 6.04 Å². The Labute approximate surface area is 288 Å². The van der Waals surface area contributed by atoms with Crippen molar-refractivity contribution in [2.45, 2.75) is 154 Å². The third kappa shape index (κ3) is 21.4. The first kappa shape index (κ1) is 45.7. The number of unbranched alkanes of at least 4 members (excludes halogenated alkanes) is 4. The standard InChI is InChI=1S/C34H59NO14/c1-5-6-11-21(3)32(49-31(43)19-24(34(46)47)17-29(40)41)27(48-30(42)18-23(33(44)45)16-28(38)39)15-20(2)14-25(36)12-9-7-8-10-13-26(37)22(4)35/h20-27,32,36-37H,5-19,35H2,1-4H3,(H,38,39)(H,40,41)(H,44,45)(H,46,47)/t20-,21+,22+,23+,24+,25-,26+,27+,32+/m1/s1. The van der Waals surface area contributed by atoms with Crippen LogP contribution in [-0.2, 0) is 38.2 Å². The molecule has 0 bridgehead atoms. The lowest BCUT2D eigenvalue weighted by Gasteiger charge is -2.33. The number of ether oxygens (including phenoxy) is 2. The minimum Gasteiger partial charge on any atom is -0.481 e. The third-order valence-corrected chi connectivity index (χ3v) is 8.56. The molecule has 0 aliphatic rings. The molecule has 0 radical (unpaired) electrons. The third-order valence-electron chi connectivity index (χ3n) is 8.56. The van der Waals surface area contributed by atoms with E-state index in [0.29, 0.717) is 25.7 Å². The van der Waals surface area contributed by atoms with Gasteiger partial charge in [-0.05, 0) is 50.9 Å². The lowest BCUT2D eigenvalue weighted by Crippen LogP contribution is -2.42. The van der Waals surface area contributed by atoms with Gasteiger partial charge in [-0.2, -0.15) is 0 Å². The van der Waals surface area contributed by atoms with Crippen molar-refractivity contribution in [1.82, 2.24) is 0 Å². The van der Waals surface area contributed by atoms with Gasteiger partial charge in [0.1, 0.15) is 12.2 Å². The highest BCUT2D eigenvalue weighted by Crippen LogP contribution is 2.29. The summed E-state index contributed by atoms with van der Waals surface area (Å²) in [5.41, 5.74) is 5.68. The van der Waals surface area contributed by atoms with Crippen LogP contribution in [0.2, 0.25) is 0 Å². The van der Waals surface area contributed by atoms with E-state index < -0.39 is 104 Å². The van der Waals surface area contributed by atoms with Gasteiger partial charge < -0.3 is 45.8 Å². The largest absolute Gasteiger partial charge is 0.481 e. The molecule has 0 aliphatic heterocycles. The highest BCUT2D eigenvalue weighted by atomic mass is 16.6. The van der Waals surface area contributed by atoms with Crippen molar-refractivity contribution in [1.29, 1.82) is 0 Å². The molecule has 0 rings (SSSR count). The molecule has 0 saturated heterocycles. The Balaban J connectivity index is 5.94. The zero-order valence-electron chi connectivity index (χ0n) is 29.3. The summed E-state index contributed by atoms with van der Waals surface area (Å²) in [6.45, 7) is 7.23. The second-order valence-corrected chi connectivity index (χ2v) is 13.4. The van der Waals surface area contributed by atoms with Crippen molar-refractivity contribution in [3.05, 3.63) is 0 Å². The first-order chi connectivity index (χ1) is 22.9. The van der Waals surface area contributed by atoms with Crippen LogP contribution in [0.3, 0.4) is 0 Å². The van der Waals surface area contributed by atoms with E-state index in [9.17, 15) is 49.2 Å². The molecule has 0 aromatic rings. The Kier molecular flexibility index (Phi) is 23.1. The Morgan fingerprint density at radius 2 is 1.12 bits per heavy atom. The molecule has 0 spiro atoms. The fourth-order valence-corrected chi connectivity index (χ4v) is 5.66. The van der Waals surface area contributed by atoms with Crippen molar-refractivity contribution >= 4 is 35.8 Å². The summed E-state index contributed by atoms with van der Waals surface area (Å²) in [5.74, 6) is -11.8. The molecule has 0 aliphatic carbocycles. The number of nitrogens with two attached hydrogens (primary N) is 1. The van der Waals surface area contributed by atoms with Crippen molar-refractivity contribution in [2.75, 3.05) is 0 Å². The Morgan fingerprint density at radius 3 is 1.57 bits per heavy atom. The summed E-state index contributed by atoms with van der Waals surface area (Å²) >= 11 is 0. The van der Waals surface area contributed by atoms with Crippen LogP contribution < -0.4 is 5.73 Å². The van der Waals surface area contributed by atoms with Crippen LogP contribution in [0, 0.1) is 23.7 Å². The molecule has 0 fully saturated rings. The van der Waals surface area contributed by atoms with Crippen LogP contribution in [0.1, 0.15) is 124 Å². The zero-order valence-corrected chi connectivity index (χ0v) is 29.3. The van der Waals surface area contributed by atoms with E-state index in [1.54, 1.807) is 20.8 Å². The summed E-state index contributed by atoms with van der Waals surface area (Å²) < 4.78 is 11.4. The van der Waals surface area contributed by atoms with Gasteiger partial charge in [0.05, 0.1) is 49.7 Å². The number of carboxylic acid groups (broad SMARTS) is 4. The molecular weight excluding hydrogens is 646 g/mol. The van der Waals surface area contributed by atoms with Crippen LogP contribution in [0.15, 0.2) is 0 Å². The normalized spacial score (nSPS) is 17.0. The van der Waals surface area contributed by atoms with Gasteiger partial charge in [-0.1, -0.05) is 59.3 Å². The van der Waals surface area contributed by atoms with Crippen LogP contribution in [-0.4, -0.2) is 96.9 Å². The molecule has 15 heteroatoms. The minimum absolute atomic E-state index is 0.0700. The highest BCUT2D eigenvalue weighted by Gasteiger charge is 2.37. The molecule has 0 amide bonds. The van der Waals surface area contributed by atoms with Crippen molar-refractivity contribution < 1.29 is 68.9 Å². The number of esters is 2. The summed E-state index contributed by atoms with van der Waals surface area (Å²) in [6, 6.07) is -0.300. The van der Waals surface area contributed by atoms with Crippen LogP contribution in [0.4, 0.5) is 0 Å². The lowest BCUT2D eigenvalue weighted by molar-refractivity contribution is -0.177. The summed E-state index contributed by atoms with van der Waals surface area (Å²) in [5, 5.41) is 57.6. The number of aliphatic hydroxyl groups excluding tert-OH is 2. The molecule has 15 nitrogen and oxygen atoms in total. The molecule has 284 valence electrons. The maximum atomic E-state index is 13.0. The van der Waals surface area contributed by atoms with E-state index in [0.717, 1.165) is 32.1 Å². The summed E-state index contributed by atoms with van der Waals surface area (Å²) in [7, 11) is 0. The average molecular weight is 706 g/mol. The Hall–Kier alpha value is -3.30. The molecular formula is C34H59NO14. The minimum atomic E-state index is -1.57. The Morgan fingerprint density at radius 1 is 0.633 bits per heavy atom. The number of aliphatic carboxylic acids is 4.